The number of carbonyl (C=O) groups excluding carboxylic acids is 2. The lowest BCUT2D eigenvalue weighted by Gasteiger charge is -2.41. The number of carbonyl (C=O) groups is 2. The molecule has 2 saturated heterocycles. The van der Waals surface area contributed by atoms with E-state index in [1.807, 2.05) is 30.3 Å². The van der Waals surface area contributed by atoms with E-state index < -0.39 is 5.41 Å². The van der Waals surface area contributed by atoms with Gasteiger partial charge in [0.2, 0.25) is 11.8 Å². The smallest absolute Gasteiger partial charge is 0.238 e. The van der Waals surface area contributed by atoms with Crippen LogP contribution in [0.15, 0.2) is 30.3 Å². The summed E-state index contributed by atoms with van der Waals surface area (Å²) in [6.45, 7) is 1.56. The molecule has 2 aliphatic heterocycles. The fraction of sp³-hybridized carbons (Fsp3) is 0.500. The molecule has 2 aliphatic rings. The van der Waals surface area contributed by atoms with E-state index >= 15 is 0 Å². The average Bonchev–Trinajstić information content (AvgIpc) is 2.86. The van der Waals surface area contributed by atoms with Gasteiger partial charge in [0.25, 0.3) is 0 Å². The summed E-state index contributed by atoms with van der Waals surface area (Å²) in [5.41, 5.74) is 0.0819. The third-order valence-electron chi connectivity index (χ3n) is 4.56. The van der Waals surface area contributed by atoms with Gasteiger partial charge in [-0.25, -0.2) is 0 Å². The Hall–Kier alpha value is -1.88. The number of aliphatic hydroxyl groups is 1. The van der Waals surface area contributed by atoms with Crippen molar-refractivity contribution in [3.63, 3.8) is 0 Å². The van der Waals surface area contributed by atoms with Crippen LogP contribution < -0.4 is 5.32 Å². The van der Waals surface area contributed by atoms with Gasteiger partial charge in [-0.2, -0.15) is 0 Å². The first-order valence-corrected chi connectivity index (χ1v) is 7.38. The van der Waals surface area contributed by atoms with Gasteiger partial charge in [-0.05, 0) is 18.4 Å². The Balaban J connectivity index is 1.86. The number of nitrogens with one attached hydrogen (secondary N) is 1. The van der Waals surface area contributed by atoms with Crippen LogP contribution in [0.5, 0.6) is 0 Å². The van der Waals surface area contributed by atoms with E-state index in [2.05, 4.69) is 5.32 Å². The average molecular weight is 288 g/mol. The predicted octanol–water partition coefficient (Wildman–Crippen LogP) is 0.534. The summed E-state index contributed by atoms with van der Waals surface area (Å²) in [4.78, 5) is 26.7. The highest BCUT2D eigenvalue weighted by Crippen LogP contribution is 2.40. The number of benzene rings is 1. The van der Waals surface area contributed by atoms with Gasteiger partial charge in [-0.3, -0.25) is 9.59 Å². The van der Waals surface area contributed by atoms with E-state index in [0.717, 1.165) is 5.56 Å². The summed E-state index contributed by atoms with van der Waals surface area (Å²) in [7, 11) is 0. The Kier molecular flexibility index (Phi) is 3.68. The van der Waals surface area contributed by atoms with Crippen molar-refractivity contribution in [3.8, 4) is 0 Å². The maximum absolute atomic E-state index is 12.8. The molecule has 2 fully saturated rings. The van der Waals surface area contributed by atoms with E-state index in [-0.39, 0.29) is 24.3 Å². The van der Waals surface area contributed by atoms with Gasteiger partial charge >= 0.3 is 0 Å². The van der Waals surface area contributed by atoms with Gasteiger partial charge in [0, 0.05) is 32.2 Å². The molecule has 112 valence electrons. The fourth-order valence-corrected chi connectivity index (χ4v) is 3.48. The summed E-state index contributed by atoms with van der Waals surface area (Å²) >= 11 is 0. The van der Waals surface area contributed by atoms with E-state index in [1.165, 1.54) is 0 Å². The number of aliphatic hydroxyl groups excluding tert-OH is 1. The molecule has 0 radical (unpaired) electrons. The van der Waals surface area contributed by atoms with E-state index in [4.69, 9.17) is 0 Å². The van der Waals surface area contributed by atoms with Gasteiger partial charge in [0.05, 0.1) is 0 Å². The summed E-state index contributed by atoms with van der Waals surface area (Å²) in [5.74, 6) is -0.301. The van der Waals surface area contributed by atoms with Crippen molar-refractivity contribution in [2.45, 2.75) is 19.4 Å². The summed E-state index contributed by atoms with van der Waals surface area (Å²) < 4.78 is 0. The zero-order valence-corrected chi connectivity index (χ0v) is 11.9. The highest BCUT2D eigenvalue weighted by atomic mass is 16.3. The largest absolute Gasteiger partial charge is 0.396 e. The first-order valence-electron chi connectivity index (χ1n) is 7.38. The third kappa shape index (κ3) is 2.42. The molecule has 5 nitrogen and oxygen atoms in total. The number of hydrogen-bond donors (Lipinski definition) is 2. The van der Waals surface area contributed by atoms with Gasteiger partial charge in [0.1, 0.15) is 5.41 Å². The van der Waals surface area contributed by atoms with Crippen LogP contribution in [0.4, 0.5) is 0 Å². The molecule has 21 heavy (non-hydrogen) atoms. The minimum atomic E-state index is -0.958. The van der Waals surface area contributed by atoms with Crippen LogP contribution in [0.25, 0.3) is 0 Å². The molecule has 0 unspecified atom stereocenters. The normalized spacial score (nSPS) is 29.0. The zero-order valence-electron chi connectivity index (χ0n) is 11.9. The van der Waals surface area contributed by atoms with Crippen LogP contribution in [0.1, 0.15) is 18.4 Å². The van der Waals surface area contributed by atoms with Crippen LogP contribution in [-0.2, 0) is 16.1 Å². The lowest BCUT2D eigenvalue weighted by atomic mass is 9.73. The van der Waals surface area contributed by atoms with Crippen molar-refractivity contribution < 1.29 is 14.7 Å². The summed E-state index contributed by atoms with van der Waals surface area (Å²) in [5, 5.41) is 12.3. The van der Waals surface area contributed by atoms with Crippen molar-refractivity contribution in [1.82, 2.24) is 10.2 Å². The fourth-order valence-electron chi connectivity index (χ4n) is 3.48. The molecule has 3 rings (SSSR count). The van der Waals surface area contributed by atoms with Crippen LogP contribution in [0.2, 0.25) is 0 Å². The summed E-state index contributed by atoms with van der Waals surface area (Å²) in [6.07, 6.45) is 0.992. The number of nitrogens with zero attached hydrogens (tertiary/aromatic N) is 1. The summed E-state index contributed by atoms with van der Waals surface area (Å²) in [6, 6.07) is 9.75. The molecular weight excluding hydrogens is 268 g/mol. The molecule has 0 saturated carbocycles. The number of amides is 2. The van der Waals surface area contributed by atoms with Crippen molar-refractivity contribution in [2.24, 2.45) is 11.3 Å². The second-order valence-corrected chi connectivity index (χ2v) is 6.01. The van der Waals surface area contributed by atoms with Crippen molar-refractivity contribution in [3.05, 3.63) is 35.9 Å². The first kappa shape index (κ1) is 14.1. The number of hydrogen-bond acceptors (Lipinski definition) is 3. The zero-order chi connectivity index (χ0) is 14.9. The molecule has 1 aromatic carbocycles. The topological polar surface area (TPSA) is 69.6 Å². The molecule has 1 aromatic rings. The molecule has 0 aromatic heterocycles. The van der Waals surface area contributed by atoms with Crippen molar-refractivity contribution >= 4 is 11.8 Å². The van der Waals surface area contributed by atoms with Gasteiger partial charge in [0.15, 0.2) is 0 Å². The second kappa shape index (κ2) is 5.48. The first-order chi connectivity index (χ1) is 10.2. The quantitative estimate of drug-likeness (QED) is 0.797. The Morgan fingerprint density at radius 1 is 1.29 bits per heavy atom. The molecule has 2 N–H and O–H groups in total. The molecule has 2 atom stereocenters. The Bertz CT molecular complexity index is 546. The Morgan fingerprint density at radius 2 is 2.05 bits per heavy atom. The molecule has 5 heteroatoms. The van der Waals surface area contributed by atoms with Gasteiger partial charge in [-0.1, -0.05) is 30.3 Å². The van der Waals surface area contributed by atoms with Crippen LogP contribution in [0, 0.1) is 11.3 Å². The van der Waals surface area contributed by atoms with Gasteiger partial charge in [-0.15, -0.1) is 0 Å². The highest BCUT2D eigenvalue weighted by Gasteiger charge is 2.54. The van der Waals surface area contributed by atoms with Crippen molar-refractivity contribution in [2.75, 3.05) is 19.7 Å². The lowest BCUT2D eigenvalue weighted by molar-refractivity contribution is -0.156. The predicted molar refractivity (Wildman–Crippen MR) is 77.1 cm³/mol. The maximum Gasteiger partial charge on any atom is 0.238 e. The molecular formula is C16H20N2O3. The van der Waals surface area contributed by atoms with Crippen molar-refractivity contribution in [1.29, 1.82) is 0 Å². The molecule has 2 heterocycles. The monoisotopic (exact) mass is 288 g/mol. The number of likely N-dealkylation sites (tertiary alicyclic amines) is 1. The van der Waals surface area contributed by atoms with E-state index in [0.29, 0.717) is 32.5 Å². The minimum absolute atomic E-state index is 0.00754. The van der Waals surface area contributed by atoms with Crippen LogP contribution >= 0.6 is 0 Å². The van der Waals surface area contributed by atoms with E-state index in [9.17, 15) is 14.7 Å². The third-order valence-corrected chi connectivity index (χ3v) is 4.56. The van der Waals surface area contributed by atoms with Gasteiger partial charge < -0.3 is 15.3 Å². The highest BCUT2D eigenvalue weighted by molar-refractivity contribution is 6.06. The molecule has 1 spiro atoms. The Labute approximate surface area is 123 Å². The molecule has 2 amide bonds. The molecule has 0 bridgehead atoms. The SMILES string of the molecule is O=C1NCC[C@@]12C[C@H](CO)CN(Cc1ccccc1)C2=O. The minimum Gasteiger partial charge on any atom is -0.396 e. The van der Waals surface area contributed by atoms with Crippen LogP contribution in [0.3, 0.4) is 0 Å². The van der Waals surface area contributed by atoms with Crippen LogP contribution in [-0.4, -0.2) is 41.5 Å². The standard InChI is InChI=1S/C16H20N2O3/c19-11-13-8-16(6-7-17-14(16)20)15(21)18(10-13)9-12-4-2-1-3-5-12/h1-5,13,19H,6-11H2,(H,17,20)/t13-,16+/m0/s1. The molecule has 0 aliphatic carbocycles. The van der Waals surface area contributed by atoms with E-state index in [1.54, 1.807) is 4.90 Å². The maximum atomic E-state index is 12.8. The number of piperidine rings is 1. The second-order valence-electron chi connectivity index (χ2n) is 6.01. The lowest BCUT2D eigenvalue weighted by Crippen LogP contribution is -2.55. The Morgan fingerprint density at radius 3 is 2.67 bits per heavy atom. The number of rotatable bonds is 3.